The lowest BCUT2D eigenvalue weighted by molar-refractivity contribution is -0.165. The number of nitrogens with one attached hydrogen (secondary N) is 1. The Bertz CT molecular complexity index is 277. The van der Waals surface area contributed by atoms with Gasteiger partial charge in [0.1, 0.15) is 5.60 Å². The monoisotopic (exact) mass is 240 g/mol. The minimum Gasteiger partial charge on any atom is -0.386 e. The van der Waals surface area contributed by atoms with E-state index in [1.807, 2.05) is 13.8 Å². The summed E-state index contributed by atoms with van der Waals surface area (Å²) in [7, 11) is 0. The highest BCUT2D eigenvalue weighted by atomic mass is 16.3. The Morgan fingerprint density at radius 1 is 1.35 bits per heavy atom. The Hall–Kier alpha value is -0.610. The number of nitrogens with zero attached hydrogens (tertiary/aromatic N) is 1. The van der Waals surface area contributed by atoms with Crippen LogP contribution in [0.15, 0.2) is 0 Å². The van der Waals surface area contributed by atoms with E-state index >= 15 is 0 Å². The maximum atomic E-state index is 12.2. The fourth-order valence-corrected chi connectivity index (χ4v) is 2.60. The molecule has 2 heterocycles. The molecule has 2 aliphatic rings. The van der Waals surface area contributed by atoms with Crippen molar-refractivity contribution in [2.75, 3.05) is 19.6 Å². The van der Waals surface area contributed by atoms with Crippen molar-refractivity contribution in [2.45, 2.75) is 51.2 Å². The molecule has 2 N–H and O–H groups in total. The molecule has 1 unspecified atom stereocenters. The normalized spacial score (nSPS) is 28.7. The fourth-order valence-electron chi connectivity index (χ4n) is 2.60. The van der Waals surface area contributed by atoms with Crippen LogP contribution in [0.2, 0.25) is 0 Å². The van der Waals surface area contributed by atoms with Crippen LogP contribution in [0.3, 0.4) is 0 Å². The lowest BCUT2D eigenvalue weighted by Gasteiger charge is -2.50. The van der Waals surface area contributed by atoms with Crippen LogP contribution in [0.25, 0.3) is 0 Å². The summed E-state index contributed by atoms with van der Waals surface area (Å²) in [6.45, 7) is 5.96. The van der Waals surface area contributed by atoms with Crippen molar-refractivity contribution in [2.24, 2.45) is 5.92 Å². The van der Waals surface area contributed by atoms with Crippen LogP contribution in [0.1, 0.15) is 39.5 Å². The van der Waals surface area contributed by atoms with Crippen molar-refractivity contribution in [3.8, 4) is 0 Å². The van der Waals surface area contributed by atoms with Crippen LogP contribution in [0, 0.1) is 5.92 Å². The van der Waals surface area contributed by atoms with Crippen molar-refractivity contribution < 1.29 is 9.90 Å². The number of hydrogen-bond acceptors (Lipinski definition) is 3. The molecule has 0 saturated carbocycles. The third-order valence-corrected chi connectivity index (χ3v) is 4.17. The molecule has 0 aliphatic carbocycles. The quantitative estimate of drug-likeness (QED) is 0.749. The summed E-state index contributed by atoms with van der Waals surface area (Å²) in [5.74, 6) is 0.394. The number of aliphatic hydroxyl groups is 1. The zero-order valence-electron chi connectivity index (χ0n) is 10.9. The molecular weight excluding hydrogens is 216 g/mol. The van der Waals surface area contributed by atoms with Crippen molar-refractivity contribution in [3.05, 3.63) is 0 Å². The third kappa shape index (κ3) is 2.63. The Kier molecular flexibility index (Phi) is 3.73. The van der Waals surface area contributed by atoms with Crippen LogP contribution in [0.4, 0.5) is 0 Å². The van der Waals surface area contributed by atoms with E-state index in [0.717, 1.165) is 19.4 Å². The van der Waals surface area contributed by atoms with Crippen molar-refractivity contribution in [3.63, 3.8) is 0 Å². The molecule has 0 aromatic heterocycles. The molecule has 0 radical (unpaired) electrons. The second-order valence-corrected chi connectivity index (χ2v) is 5.81. The maximum absolute atomic E-state index is 12.2. The molecule has 2 fully saturated rings. The van der Waals surface area contributed by atoms with E-state index < -0.39 is 5.60 Å². The standard InChI is InChI=1S/C13H24N2O2/c1-10(2)13(17)8-15(9-13)12(16)11-6-4-3-5-7-14-11/h10-11,14,17H,3-9H2,1-2H3. The molecule has 2 saturated heterocycles. The summed E-state index contributed by atoms with van der Waals surface area (Å²) < 4.78 is 0. The Morgan fingerprint density at radius 2 is 2.06 bits per heavy atom. The lowest BCUT2D eigenvalue weighted by atomic mass is 9.82. The van der Waals surface area contributed by atoms with Crippen LogP contribution in [-0.4, -0.2) is 47.2 Å². The average Bonchev–Trinajstić information content (AvgIpc) is 2.51. The van der Waals surface area contributed by atoms with Crippen LogP contribution in [-0.2, 0) is 4.79 Å². The molecule has 0 aromatic rings. The van der Waals surface area contributed by atoms with Crippen LogP contribution >= 0.6 is 0 Å². The van der Waals surface area contributed by atoms with Crippen molar-refractivity contribution in [1.82, 2.24) is 10.2 Å². The smallest absolute Gasteiger partial charge is 0.239 e. The van der Waals surface area contributed by atoms with Gasteiger partial charge in [-0.05, 0) is 25.3 Å². The van der Waals surface area contributed by atoms with Gasteiger partial charge in [0.15, 0.2) is 0 Å². The fraction of sp³-hybridized carbons (Fsp3) is 0.923. The number of hydrogen-bond donors (Lipinski definition) is 2. The van der Waals surface area contributed by atoms with Gasteiger partial charge in [0.25, 0.3) is 0 Å². The second kappa shape index (κ2) is 4.94. The minimum atomic E-state index is -0.652. The molecule has 0 aromatic carbocycles. The minimum absolute atomic E-state index is 0.0192. The van der Waals surface area contributed by atoms with Gasteiger partial charge < -0.3 is 15.3 Å². The summed E-state index contributed by atoms with van der Waals surface area (Å²) in [4.78, 5) is 14.0. The Balaban J connectivity index is 1.86. The van der Waals surface area contributed by atoms with Gasteiger partial charge >= 0.3 is 0 Å². The number of amides is 1. The molecule has 4 heteroatoms. The van der Waals surface area contributed by atoms with E-state index in [4.69, 9.17) is 0 Å². The highest BCUT2D eigenvalue weighted by Gasteiger charge is 2.46. The zero-order chi connectivity index (χ0) is 12.5. The van der Waals surface area contributed by atoms with E-state index in [-0.39, 0.29) is 17.9 Å². The molecule has 1 atom stereocenters. The van der Waals surface area contributed by atoms with E-state index in [2.05, 4.69) is 5.32 Å². The summed E-state index contributed by atoms with van der Waals surface area (Å²) in [6, 6.07) is -0.0192. The van der Waals surface area contributed by atoms with Crippen LogP contribution < -0.4 is 5.32 Å². The second-order valence-electron chi connectivity index (χ2n) is 5.81. The predicted molar refractivity (Wildman–Crippen MR) is 66.6 cm³/mol. The SMILES string of the molecule is CC(C)C1(O)CN(C(=O)C2CCCCCN2)C1. The van der Waals surface area contributed by atoms with E-state index in [1.54, 1.807) is 4.90 Å². The van der Waals surface area contributed by atoms with Crippen LogP contribution in [0.5, 0.6) is 0 Å². The topological polar surface area (TPSA) is 52.6 Å². The highest BCUT2D eigenvalue weighted by Crippen LogP contribution is 2.29. The maximum Gasteiger partial charge on any atom is 0.239 e. The first-order chi connectivity index (χ1) is 8.03. The average molecular weight is 240 g/mol. The number of carbonyl (C=O) groups excluding carboxylic acids is 1. The lowest BCUT2D eigenvalue weighted by Crippen LogP contribution is -2.68. The molecule has 1 amide bonds. The van der Waals surface area contributed by atoms with Gasteiger partial charge in [-0.25, -0.2) is 0 Å². The number of rotatable bonds is 2. The van der Waals surface area contributed by atoms with E-state index in [1.165, 1.54) is 12.8 Å². The van der Waals surface area contributed by atoms with Gasteiger partial charge in [0.2, 0.25) is 5.91 Å². The van der Waals surface area contributed by atoms with E-state index in [0.29, 0.717) is 13.1 Å². The first-order valence-electron chi connectivity index (χ1n) is 6.77. The number of carbonyl (C=O) groups is 1. The summed E-state index contributed by atoms with van der Waals surface area (Å²) >= 11 is 0. The van der Waals surface area contributed by atoms with Gasteiger partial charge in [-0.1, -0.05) is 26.7 Å². The van der Waals surface area contributed by atoms with E-state index in [9.17, 15) is 9.90 Å². The van der Waals surface area contributed by atoms with Gasteiger partial charge in [0.05, 0.1) is 19.1 Å². The largest absolute Gasteiger partial charge is 0.386 e. The summed E-state index contributed by atoms with van der Waals surface area (Å²) in [5, 5.41) is 13.5. The highest BCUT2D eigenvalue weighted by molar-refractivity contribution is 5.83. The Labute approximate surface area is 103 Å². The van der Waals surface area contributed by atoms with Crippen molar-refractivity contribution in [1.29, 1.82) is 0 Å². The number of β-amino-alcohol motifs (C(OH)–C–C–N with tert-alkyl or cyclic N) is 1. The molecule has 0 bridgehead atoms. The first kappa shape index (κ1) is 12.8. The third-order valence-electron chi connectivity index (χ3n) is 4.17. The first-order valence-corrected chi connectivity index (χ1v) is 6.77. The summed E-state index contributed by atoms with van der Waals surface area (Å²) in [6.07, 6.45) is 4.45. The predicted octanol–water partition coefficient (Wildman–Crippen LogP) is 0.748. The summed E-state index contributed by atoms with van der Waals surface area (Å²) in [5.41, 5.74) is -0.652. The zero-order valence-corrected chi connectivity index (χ0v) is 10.9. The number of likely N-dealkylation sites (tertiary alicyclic amines) is 1. The van der Waals surface area contributed by atoms with Gasteiger partial charge in [-0.15, -0.1) is 0 Å². The molecule has 17 heavy (non-hydrogen) atoms. The molecule has 4 nitrogen and oxygen atoms in total. The molecule has 2 rings (SSSR count). The Morgan fingerprint density at radius 3 is 2.71 bits per heavy atom. The van der Waals surface area contributed by atoms with Gasteiger partial charge in [-0.2, -0.15) is 0 Å². The van der Waals surface area contributed by atoms with Gasteiger partial charge in [-0.3, -0.25) is 4.79 Å². The molecule has 2 aliphatic heterocycles. The van der Waals surface area contributed by atoms with Crippen molar-refractivity contribution >= 4 is 5.91 Å². The van der Waals surface area contributed by atoms with Gasteiger partial charge in [0, 0.05) is 0 Å². The molecule has 0 spiro atoms. The molecule has 98 valence electrons. The molecular formula is C13H24N2O2.